The Labute approximate surface area is 137 Å². The predicted molar refractivity (Wildman–Crippen MR) is 82.9 cm³/mol. The van der Waals surface area contributed by atoms with Crippen molar-refractivity contribution in [2.75, 3.05) is 5.75 Å². The number of hydrogen-bond acceptors (Lipinski definition) is 5. The molecule has 8 heteroatoms. The second kappa shape index (κ2) is 8.05. The minimum atomic E-state index is -1.02. The molecule has 23 heavy (non-hydrogen) atoms. The summed E-state index contributed by atoms with van der Waals surface area (Å²) in [5, 5.41) is 17.5. The van der Waals surface area contributed by atoms with Crippen LogP contribution in [0.15, 0.2) is 22.8 Å². The normalized spacial score (nSPS) is 20.6. The molecule has 2 rings (SSSR count). The van der Waals surface area contributed by atoms with Crippen molar-refractivity contribution < 1.29 is 29.0 Å². The van der Waals surface area contributed by atoms with Gasteiger partial charge in [0.15, 0.2) is 0 Å². The molecule has 1 aromatic rings. The molecule has 1 amide bonds. The monoisotopic (exact) mass is 341 g/mol. The quantitative estimate of drug-likeness (QED) is 0.699. The van der Waals surface area contributed by atoms with Gasteiger partial charge in [0.1, 0.15) is 17.2 Å². The molecule has 0 bridgehead atoms. The lowest BCUT2D eigenvalue weighted by molar-refractivity contribution is -0.149. The lowest BCUT2D eigenvalue weighted by Gasteiger charge is -2.26. The Hall–Kier alpha value is -1.96. The minimum absolute atomic E-state index is 0.0839. The van der Waals surface area contributed by atoms with Crippen molar-refractivity contribution in [1.29, 1.82) is 0 Å². The number of amides is 1. The molecule has 1 fully saturated rings. The maximum Gasteiger partial charge on any atom is 0.327 e. The smallest absolute Gasteiger partial charge is 0.327 e. The number of carbonyl (C=O) groups is 3. The number of furan rings is 1. The Bertz CT molecular complexity index is 558. The van der Waals surface area contributed by atoms with Crippen molar-refractivity contribution in [2.45, 2.75) is 43.5 Å². The molecule has 2 atom stereocenters. The van der Waals surface area contributed by atoms with Gasteiger partial charge in [0.2, 0.25) is 5.91 Å². The fourth-order valence-electron chi connectivity index (χ4n) is 2.51. The van der Waals surface area contributed by atoms with Gasteiger partial charge in [-0.3, -0.25) is 9.59 Å². The van der Waals surface area contributed by atoms with E-state index in [1.54, 1.807) is 12.1 Å². The first-order valence-corrected chi connectivity index (χ1v) is 8.46. The first kappa shape index (κ1) is 17.4. The van der Waals surface area contributed by atoms with Crippen molar-refractivity contribution in [1.82, 2.24) is 4.90 Å². The Kier molecular flexibility index (Phi) is 6.09. The molecule has 0 aromatic carbocycles. The standard InChI is InChI=1S/C15H19NO6S/c17-12(6-2-1-3-7-13(18)19)16-10(15(20)21)9-23-14(16)11-5-4-8-22-11/h4-5,8,10,14H,1-3,6-7,9H2,(H,18,19)(H,20,21)/t10-,14?/m0/s1. The van der Waals surface area contributed by atoms with Crippen LogP contribution in [-0.4, -0.2) is 44.8 Å². The van der Waals surface area contributed by atoms with E-state index < -0.39 is 23.4 Å². The zero-order chi connectivity index (χ0) is 16.8. The topological polar surface area (TPSA) is 108 Å². The average molecular weight is 341 g/mol. The summed E-state index contributed by atoms with van der Waals surface area (Å²) in [7, 11) is 0. The predicted octanol–water partition coefficient (Wildman–Crippen LogP) is 2.34. The van der Waals surface area contributed by atoms with E-state index >= 15 is 0 Å². The Morgan fingerprint density at radius 1 is 1.22 bits per heavy atom. The molecule has 1 unspecified atom stereocenters. The van der Waals surface area contributed by atoms with Gasteiger partial charge in [-0.2, -0.15) is 0 Å². The van der Waals surface area contributed by atoms with Crippen molar-refractivity contribution in [3.05, 3.63) is 24.2 Å². The van der Waals surface area contributed by atoms with Crippen LogP contribution >= 0.6 is 11.8 Å². The Balaban J connectivity index is 1.95. The minimum Gasteiger partial charge on any atom is -0.481 e. The number of aliphatic carboxylic acids is 2. The van der Waals surface area contributed by atoms with Crippen LogP contribution in [0.1, 0.15) is 43.2 Å². The SMILES string of the molecule is O=C(O)CCCCCC(=O)N1C(c2ccco2)SC[C@H]1C(=O)O. The number of hydrogen-bond donors (Lipinski definition) is 2. The summed E-state index contributed by atoms with van der Waals surface area (Å²) >= 11 is 1.37. The average Bonchev–Trinajstić information content (AvgIpc) is 3.14. The third-order valence-corrected chi connectivity index (χ3v) is 4.92. The maximum atomic E-state index is 12.5. The van der Waals surface area contributed by atoms with Gasteiger partial charge in [-0.1, -0.05) is 6.42 Å². The summed E-state index contributed by atoms with van der Waals surface area (Å²) < 4.78 is 5.32. The van der Waals surface area contributed by atoms with Crippen LogP contribution in [-0.2, 0) is 14.4 Å². The fraction of sp³-hybridized carbons (Fsp3) is 0.533. The van der Waals surface area contributed by atoms with Crippen LogP contribution in [0.2, 0.25) is 0 Å². The number of carboxylic acid groups (broad SMARTS) is 2. The molecule has 2 N–H and O–H groups in total. The van der Waals surface area contributed by atoms with Gasteiger partial charge in [-0.15, -0.1) is 11.8 Å². The highest BCUT2D eigenvalue weighted by molar-refractivity contribution is 7.99. The number of unbranched alkanes of at least 4 members (excludes halogenated alkanes) is 2. The highest BCUT2D eigenvalue weighted by Gasteiger charge is 2.43. The van der Waals surface area contributed by atoms with Crippen molar-refractivity contribution >= 4 is 29.6 Å². The number of carboxylic acids is 2. The summed E-state index contributed by atoms with van der Waals surface area (Å²) in [6, 6.07) is 2.58. The number of rotatable bonds is 8. The highest BCUT2D eigenvalue weighted by atomic mass is 32.2. The summed E-state index contributed by atoms with van der Waals surface area (Å²) in [6.45, 7) is 0. The van der Waals surface area contributed by atoms with Crippen LogP contribution in [0.25, 0.3) is 0 Å². The van der Waals surface area contributed by atoms with Gasteiger partial charge >= 0.3 is 11.9 Å². The van der Waals surface area contributed by atoms with Crippen LogP contribution < -0.4 is 0 Å². The summed E-state index contributed by atoms with van der Waals surface area (Å²) in [5.74, 6) is -1.22. The van der Waals surface area contributed by atoms with E-state index in [-0.39, 0.29) is 18.7 Å². The Morgan fingerprint density at radius 2 is 1.96 bits per heavy atom. The van der Waals surface area contributed by atoms with Crippen LogP contribution in [0.4, 0.5) is 0 Å². The third-order valence-electron chi connectivity index (χ3n) is 3.64. The molecule has 2 heterocycles. The van der Waals surface area contributed by atoms with Crippen LogP contribution in [0.3, 0.4) is 0 Å². The molecule has 1 aliphatic rings. The molecule has 0 radical (unpaired) electrons. The number of carbonyl (C=O) groups excluding carboxylic acids is 1. The molecular formula is C15H19NO6S. The fourth-order valence-corrected chi connectivity index (χ4v) is 3.90. The zero-order valence-electron chi connectivity index (χ0n) is 12.5. The molecule has 126 valence electrons. The molecule has 1 aliphatic heterocycles. The summed E-state index contributed by atoms with van der Waals surface area (Å²) in [5.41, 5.74) is 0. The number of nitrogens with zero attached hydrogens (tertiary/aromatic N) is 1. The first-order valence-electron chi connectivity index (χ1n) is 7.41. The van der Waals surface area contributed by atoms with Crippen LogP contribution in [0, 0.1) is 0 Å². The van der Waals surface area contributed by atoms with E-state index in [2.05, 4.69) is 0 Å². The van der Waals surface area contributed by atoms with Gasteiger partial charge in [0.25, 0.3) is 0 Å². The maximum absolute atomic E-state index is 12.5. The molecule has 1 aromatic heterocycles. The van der Waals surface area contributed by atoms with Gasteiger partial charge in [0, 0.05) is 18.6 Å². The van der Waals surface area contributed by atoms with Gasteiger partial charge < -0.3 is 19.5 Å². The molecular weight excluding hydrogens is 322 g/mol. The second-order valence-electron chi connectivity index (χ2n) is 5.31. The zero-order valence-corrected chi connectivity index (χ0v) is 13.3. The lowest BCUT2D eigenvalue weighted by Crippen LogP contribution is -2.42. The van der Waals surface area contributed by atoms with Crippen molar-refractivity contribution in [3.63, 3.8) is 0 Å². The van der Waals surface area contributed by atoms with E-state index in [0.29, 0.717) is 30.8 Å². The van der Waals surface area contributed by atoms with Gasteiger partial charge in [-0.05, 0) is 25.0 Å². The van der Waals surface area contributed by atoms with Crippen molar-refractivity contribution in [3.8, 4) is 0 Å². The van der Waals surface area contributed by atoms with Crippen LogP contribution in [0.5, 0.6) is 0 Å². The number of thioether (sulfide) groups is 1. The van der Waals surface area contributed by atoms with E-state index in [1.165, 1.54) is 22.9 Å². The molecule has 0 spiro atoms. The lowest BCUT2D eigenvalue weighted by atomic mass is 10.1. The van der Waals surface area contributed by atoms with E-state index in [0.717, 1.165) is 0 Å². The largest absolute Gasteiger partial charge is 0.481 e. The van der Waals surface area contributed by atoms with E-state index in [1.807, 2.05) is 0 Å². The van der Waals surface area contributed by atoms with E-state index in [4.69, 9.17) is 9.52 Å². The molecule has 0 saturated carbocycles. The first-order chi connectivity index (χ1) is 11.0. The third kappa shape index (κ3) is 4.51. The molecule has 7 nitrogen and oxygen atoms in total. The second-order valence-corrected chi connectivity index (χ2v) is 6.42. The van der Waals surface area contributed by atoms with Gasteiger partial charge in [0.05, 0.1) is 6.26 Å². The Morgan fingerprint density at radius 3 is 2.57 bits per heavy atom. The summed E-state index contributed by atoms with van der Waals surface area (Å²) in [4.78, 5) is 35.7. The van der Waals surface area contributed by atoms with E-state index in [9.17, 15) is 19.5 Å². The molecule has 1 saturated heterocycles. The molecule has 0 aliphatic carbocycles. The highest BCUT2D eigenvalue weighted by Crippen LogP contribution is 2.42. The van der Waals surface area contributed by atoms with Gasteiger partial charge in [-0.25, -0.2) is 4.79 Å². The summed E-state index contributed by atoms with van der Waals surface area (Å²) in [6.07, 6.45) is 3.48. The van der Waals surface area contributed by atoms with Crippen molar-refractivity contribution in [2.24, 2.45) is 0 Å².